The Morgan fingerprint density at radius 1 is 0.531 bits per heavy atom. The van der Waals surface area contributed by atoms with Crippen molar-refractivity contribution in [2.75, 3.05) is 26.2 Å². The molecule has 0 amide bonds. The maximum absolute atomic E-state index is 7.04. The highest BCUT2D eigenvalue weighted by Crippen LogP contribution is 2.31. The van der Waals surface area contributed by atoms with Gasteiger partial charge in [0.05, 0.1) is 31.9 Å². The van der Waals surface area contributed by atoms with Crippen molar-refractivity contribution in [2.45, 2.75) is 176 Å². The molecule has 0 spiro atoms. The molecular formula is C43H74BrN3O2. The number of benzene rings is 2. The average Bonchev–Trinajstić information content (AvgIpc) is 3.11. The van der Waals surface area contributed by atoms with Gasteiger partial charge in [-0.15, -0.1) is 5.11 Å². The number of ether oxygens (including phenoxy) is 2. The second-order valence-corrected chi connectivity index (χ2v) is 14.1. The molecule has 1 unspecified atom stereocenters. The van der Waals surface area contributed by atoms with Gasteiger partial charge >= 0.3 is 0 Å². The van der Waals surface area contributed by atoms with Gasteiger partial charge in [-0.2, -0.15) is 5.11 Å². The van der Waals surface area contributed by atoms with Crippen molar-refractivity contribution in [3.63, 3.8) is 0 Å². The van der Waals surface area contributed by atoms with Crippen LogP contribution in [0.2, 0.25) is 0 Å². The molecule has 280 valence electrons. The summed E-state index contributed by atoms with van der Waals surface area (Å²) in [5.74, 6) is 1.75. The molecule has 0 bridgehead atoms. The van der Waals surface area contributed by atoms with Gasteiger partial charge in [-0.05, 0) is 87.8 Å². The molecule has 0 aliphatic carbocycles. The lowest BCUT2D eigenvalue weighted by molar-refractivity contribution is -0.968. The number of quaternary nitrogens is 1. The Hall–Kier alpha value is -1.92. The summed E-state index contributed by atoms with van der Waals surface area (Å²) in [6.07, 6.45) is 27.1. The average molecular weight is 745 g/mol. The lowest BCUT2D eigenvalue weighted by atomic mass is 10.0. The molecule has 2 aromatic carbocycles. The van der Waals surface area contributed by atoms with E-state index in [2.05, 4.69) is 57.0 Å². The van der Waals surface area contributed by atoms with E-state index in [1.54, 1.807) is 0 Å². The Morgan fingerprint density at radius 2 is 1.02 bits per heavy atom. The van der Waals surface area contributed by atoms with Crippen molar-refractivity contribution in [2.24, 2.45) is 10.2 Å². The molecule has 0 saturated carbocycles. The topological polar surface area (TPSA) is 43.2 Å². The predicted molar refractivity (Wildman–Crippen MR) is 207 cm³/mol. The number of para-hydroxylation sites is 1. The first-order valence-corrected chi connectivity index (χ1v) is 20.4. The Labute approximate surface area is 313 Å². The van der Waals surface area contributed by atoms with E-state index in [1.807, 2.05) is 36.4 Å². The van der Waals surface area contributed by atoms with Crippen LogP contribution in [0.25, 0.3) is 0 Å². The van der Waals surface area contributed by atoms with Crippen LogP contribution >= 0.6 is 0 Å². The summed E-state index contributed by atoms with van der Waals surface area (Å²) in [7, 11) is 0. The summed E-state index contributed by atoms with van der Waals surface area (Å²) in [4.78, 5) is 0. The second-order valence-electron chi connectivity index (χ2n) is 14.1. The first-order valence-electron chi connectivity index (χ1n) is 20.4. The van der Waals surface area contributed by atoms with Gasteiger partial charge in [0.25, 0.3) is 0 Å². The Morgan fingerprint density at radius 3 is 1.53 bits per heavy atom. The number of hydrogen-bond acceptors (Lipinski definition) is 4. The van der Waals surface area contributed by atoms with Crippen LogP contribution in [0.3, 0.4) is 0 Å². The molecule has 2 aromatic rings. The zero-order chi connectivity index (χ0) is 34.5. The number of hydrogen-bond donors (Lipinski definition) is 0. The van der Waals surface area contributed by atoms with Crippen LogP contribution in [-0.2, 0) is 0 Å². The fraction of sp³-hybridized carbons (Fsp3) is 0.721. The van der Waals surface area contributed by atoms with Gasteiger partial charge in [-0.3, -0.25) is 4.48 Å². The smallest absolute Gasteiger partial charge is 0.233 e. The number of rotatable bonds is 31. The van der Waals surface area contributed by atoms with Gasteiger partial charge in [-0.25, -0.2) is 0 Å². The van der Waals surface area contributed by atoms with Gasteiger partial charge < -0.3 is 26.5 Å². The monoisotopic (exact) mass is 743 g/mol. The van der Waals surface area contributed by atoms with Crippen LogP contribution in [0.4, 0.5) is 11.4 Å². The van der Waals surface area contributed by atoms with Crippen molar-refractivity contribution in [3.05, 3.63) is 48.5 Å². The van der Waals surface area contributed by atoms with Crippen LogP contribution in [-0.4, -0.2) is 37.0 Å². The molecule has 0 aliphatic heterocycles. The minimum absolute atomic E-state index is 0. The number of unbranched alkanes of at least 4 members (excludes halogenated alkanes) is 15. The molecule has 0 radical (unpaired) electrons. The van der Waals surface area contributed by atoms with Gasteiger partial charge in [-0.1, -0.05) is 124 Å². The highest BCUT2D eigenvalue weighted by Gasteiger charge is 2.37. The molecule has 0 aliphatic rings. The van der Waals surface area contributed by atoms with Crippen molar-refractivity contribution < 1.29 is 30.9 Å². The number of halogens is 1. The highest BCUT2D eigenvalue weighted by molar-refractivity contribution is 5.51. The molecule has 1 atom stereocenters. The van der Waals surface area contributed by atoms with E-state index >= 15 is 0 Å². The second kappa shape index (κ2) is 29.8. The third-order valence-corrected chi connectivity index (χ3v) is 9.77. The third-order valence-electron chi connectivity index (χ3n) is 9.77. The minimum Gasteiger partial charge on any atom is -1.00 e. The first kappa shape index (κ1) is 45.1. The van der Waals surface area contributed by atoms with Gasteiger partial charge in [0.2, 0.25) is 6.23 Å². The van der Waals surface area contributed by atoms with Crippen molar-refractivity contribution in [1.29, 1.82) is 0 Å². The van der Waals surface area contributed by atoms with Crippen LogP contribution < -0.4 is 26.5 Å². The van der Waals surface area contributed by atoms with Crippen molar-refractivity contribution in [1.82, 2.24) is 0 Å². The third kappa shape index (κ3) is 19.3. The maximum atomic E-state index is 7.04. The van der Waals surface area contributed by atoms with Gasteiger partial charge in [0.15, 0.2) is 0 Å². The summed E-state index contributed by atoms with van der Waals surface area (Å²) in [5.41, 5.74) is 1.60. The molecule has 2 rings (SSSR count). The molecule has 0 aromatic heterocycles. The maximum Gasteiger partial charge on any atom is 0.233 e. The standard InChI is InChI=1S/C43H74N3O2.BrH/c1-6-11-15-19-24-35-46(36-25-20-16-12-7-2,37-26-21-17-13-8-3)43(28-10-5)48-40-33-31-39(32-34-40)44-45-41-29-22-23-30-42(41)47-38-27-18-14-9-4;/h22-23,29-34,43H,6-21,24-28,35-38H2,1-5H3;1H/q+1;/p-1. The van der Waals surface area contributed by atoms with Crippen molar-refractivity contribution >= 4 is 11.4 Å². The molecule has 5 nitrogen and oxygen atoms in total. The Bertz CT molecular complexity index is 1030. The SMILES string of the molecule is CCCCCCC[N+](CCCCCCC)(CCCCCCC)C(CCC)Oc1ccc(N=Nc2ccccc2OCCCCCC)cc1.[Br-]. The minimum atomic E-state index is 0. The number of azo groups is 1. The van der Waals surface area contributed by atoms with Crippen LogP contribution in [0.1, 0.15) is 169 Å². The predicted octanol–water partition coefficient (Wildman–Crippen LogP) is 11.3. The fourth-order valence-electron chi connectivity index (χ4n) is 6.78. The van der Waals surface area contributed by atoms with Crippen LogP contribution in [0.15, 0.2) is 58.8 Å². The summed E-state index contributed by atoms with van der Waals surface area (Å²) in [5, 5.41) is 9.15. The first-order chi connectivity index (χ1) is 23.6. The van der Waals surface area contributed by atoms with E-state index < -0.39 is 0 Å². The molecule has 0 fully saturated rings. The fourth-order valence-corrected chi connectivity index (χ4v) is 6.78. The molecule has 49 heavy (non-hydrogen) atoms. The van der Waals surface area contributed by atoms with Crippen molar-refractivity contribution in [3.8, 4) is 11.5 Å². The van der Waals surface area contributed by atoms with Crippen LogP contribution in [0, 0.1) is 0 Å². The lowest BCUT2D eigenvalue weighted by Crippen LogP contribution is -3.00. The van der Waals surface area contributed by atoms with Gasteiger partial charge in [0, 0.05) is 6.42 Å². The largest absolute Gasteiger partial charge is 1.00 e. The zero-order valence-electron chi connectivity index (χ0n) is 32.4. The molecule has 6 heteroatoms. The van der Waals surface area contributed by atoms with E-state index in [0.717, 1.165) is 46.6 Å². The van der Waals surface area contributed by atoms with E-state index in [4.69, 9.17) is 9.47 Å². The van der Waals surface area contributed by atoms with E-state index in [-0.39, 0.29) is 23.2 Å². The summed E-state index contributed by atoms with van der Waals surface area (Å²) >= 11 is 0. The molecular weight excluding hydrogens is 670 g/mol. The summed E-state index contributed by atoms with van der Waals surface area (Å²) in [6.45, 7) is 15.9. The van der Waals surface area contributed by atoms with E-state index in [1.165, 1.54) is 135 Å². The number of nitrogens with zero attached hydrogens (tertiary/aromatic N) is 3. The molecule has 0 heterocycles. The Kier molecular flexibility index (Phi) is 27.4. The zero-order valence-corrected chi connectivity index (χ0v) is 34.0. The normalized spacial score (nSPS) is 12.3. The lowest BCUT2D eigenvalue weighted by Gasteiger charge is -2.45. The molecule has 0 N–H and O–H groups in total. The van der Waals surface area contributed by atoms with E-state index in [9.17, 15) is 0 Å². The van der Waals surface area contributed by atoms with Gasteiger partial charge in [0.1, 0.15) is 17.2 Å². The Balaban J connectivity index is 0.0000120. The summed E-state index contributed by atoms with van der Waals surface area (Å²) in [6, 6.07) is 16.3. The summed E-state index contributed by atoms with van der Waals surface area (Å²) < 4.78 is 14.2. The highest BCUT2D eigenvalue weighted by atomic mass is 79.9. The quantitative estimate of drug-likeness (QED) is 0.0334. The van der Waals surface area contributed by atoms with Crippen LogP contribution in [0.5, 0.6) is 11.5 Å². The molecule has 0 saturated heterocycles. The van der Waals surface area contributed by atoms with E-state index in [0.29, 0.717) is 6.61 Å².